The van der Waals surface area contributed by atoms with Crippen molar-refractivity contribution in [3.63, 3.8) is 0 Å². The third-order valence-electron chi connectivity index (χ3n) is 1.70. The van der Waals surface area contributed by atoms with Crippen LogP contribution in [0.1, 0.15) is 13.3 Å². The molecule has 0 aromatic carbocycles. The van der Waals surface area contributed by atoms with Crippen LogP contribution in [0.15, 0.2) is 23.9 Å². The van der Waals surface area contributed by atoms with E-state index in [0.717, 1.165) is 5.57 Å². The van der Waals surface area contributed by atoms with Crippen LogP contribution in [0.25, 0.3) is 0 Å². The summed E-state index contributed by atoms with van der Waals surface area (Å²) in [6.45, 7) is 2.14. The fourth-order valence-corrected chi connectivity index (χ4v) is 0.893. The molecule has 86 valence electrons. The number of allylic oxidation sites excluding steroid dienone is 2. The highest BCUT2D eigenvalue weighted by Crippen LogP contribution is 2.01. The summed E-state index contributed by atoms with van der Waals surface area (Å²) in [5.41, 5.74) is 5.75. The Hall–Kier alpha value is -1.36. The molecular weight excluding hydrogens is 197 g/mol. The molecule has 15 heavy (non-hydrogen) atoms. The Kier molecular flexibility index (Phi) is 7.27. The number of carbonyl (C=O) groups excluding carboxylic acids is 1. The zero-order valence-electron chi connectivity index (χ0n) is 9.09. The molecule has 0 aromatic heterocycles. The standard InChI is InChI=1S/C10H18FN3O/c1-3-8(4-5-10(12)15)6-14-9(11)7-13-2/h4-6,9,13-14H,3,7H2,1-2H3,(H2,12,15)/b5-4+,8-6+. The second-order valence-electron chi connectivity index (χ2n) is 3.00. The number of alkyl halides is 1. The van der Waals surface area contributed by atoms with Gasteiger partial charge in [0.05, 0.1) is 0 Å². The molecule has 1 amide bonds. The number of halogens is 1. The van der Waals surface area contributed by atoms with Crippen molar-refractivity contribution in [3.05, 3.63) is 23.9 Å². The molecule has 0 aliphatic rings. The van der Waals surface area contributed by atoms with Gasteiger partial charge in [-0.15, -0.1) is 0 Å². The lowest BCUT2D eigenvalue weighted by atomic mass is 10.2. The molecule has 1 unspecified atom stereocenters. The Bertz CT molecular complexity index is 251. The number of carbonyl (C=O) groups is 1. The molecule has 4 N–H and O–H groups in total. The first-order valence-electron chi connectivity index (χ1n) is 4.81. The smallest absolute Gasteiger partial charge is 0.241 e. The second kappa shape index (κ2) is 7.99. The SMILES string of the molecule is CCC(/C=C/C(N)=O)=C\NC(F)CNC. The summed E-state index contributed by atoms with van der Waals surface area (Å²) in [4.78, 5) is 10.5. The summed E-state index contributed by atoms with van der Waals surface area (Å²) in [7, 11) is 1.67. The van der Waals surface area contributed by atoms with Gasteiger partial charge in [-0.2, -0.15) is 0 Å². The third kappa shape index (κ3) is 7.69. The maximum atomic E-state index is 13.0. The molecule has 0 radical (unpaired) electrons. The fourth-order valence-electron chi connectivity index (χ4n) is 0.893. The predicted molar refractivity (Wildman–Crippen MR) is 58.7 cm³/mol. The number of primary amides is 1. The topological polar surface area (TPSA) is 67.2 Å². The molecule has 0 rings (SSSR count). The summed E-state index contributed by atoms with van der Waals surface area (Å²) in [6, 6.07) is 0. The van der Waals surface area contributed by atoms with Crippen LogP contribution in [0, 0.1) is 0 Å². The lowest BCUT2D eigenvalue weighted by molar-refractivity contribution is -0.113. The molecule has 4 nitrogen and oxygen atoms in total. The van der Waals surface area contributed by atoms with Gasteiger partial charge < -0.3 is 16.4 Å². The Morgan fingerprint density at radius 3 is 2.67 bits per heavy atom. The van der Waals surface area contributed by atoms with Crippen LogP contribution in [-0.4, -0.2) is 25.8 Å². The average molecular weight is 215 g/mol. The number of likely N-dealkylation sites (N-methyl/N-ethyl adjacent to an activating group) is 1. The van der Waals surface area contributed by atoms with E-state index in [-0.39, 0.29) is 6.54 Å². The van der Waals surface area contributed by atoms with Gasteiger partial charge in [0.1, 0.15) is 0 Å². The minimum absolute atomic E-state index is 0.229. The minimum Gasteiger partial charge on any atom is -0.366 e. The van der Waals surface area contributed by atoms with E-state index in [0.29, 0.717) is 6.42 Å². The van der Waals surface area contributed by atoms with E-state index in [2.05, 4.69) is 10.6 Å². The van der Waals surface area contributed by atoms with Crippen molar-refractivity contribution in [2.75, 3.05) is 13.6 Å². The maximum absolute atomic E-state index is 13.0. The average Bonchev–Trinajstić information content (AvgIpc) is 2.18. The van der Waals surface area contributed by atoms with Crippen molar-refractivity contribution in [2.24, 2.45) is 5.73 Å². The van der Waals surface area contributed by atoms with Crippen molar-refractivity contribution in [3.8, 4) is 0 Å². The molecule has 0 fully saturated rings. The molecule has 0 saturated carbocycles. The number of hydrogen-bond donors (Lipinski definition) is 3. The van der Waals surface area contributed by atoms with Gasteiger partial charge in [-0.05, 0) is 19.0 Å². The Morgan fingerprint density at radius 2 is 2.20 bits per heavy atom. The highest BCUT2D eigenvalue weighted by atomic mass is 19.1. The Labute approximate surface area is 89.4 Å². The number of hydrogen-bond acceptors (Lipinski definition) is 3. The largest absolute Gasteiger partial charge is 0.366 e. The number of nitrogens with two attached hydrogens (primary N) is 1. The summed E-state index contributed by atoms with van der Waals surface area (Å²) in [5.74, 6) is -0.513. The zero-order chi connectivity index (χ0) is 11.7. The van der Waals surface area contributed by atoms with Crippen molar-refractivity contribution in [2.45, 2.75) is 19.6 Å². The zero-order valence-corrected chi connectivity index (χ0v) is 9.09. The van der Waals surface area contributed by atoms with E-state index in [1.54, 1.807) is 19.3 Å². The molecule has 0 aromatic rings. The molecule has 0 aliphatic carbocycles. The number of amides is 1. The van der Waals surface area contributed by atoms with E-state index < -0.39 is 12.2 Å². The molecule has 1 atom stereocenters. The van der Waals surface area contributed by atoms with Gasteiger partial charge in [-0.3, -0.25) is 4.79 Å². The predicted octanol–water partition coefficient (Wildman–Crippen LogP) is 0.426. The van der Waals surface area contributed by atoms with Crippen LogP contribution in [0.5, 0.6) is 0 Å². The third-order valence-corrected chi connectivity index (χ3v) is 1.70. The summed E-state index contributed by atoms with van der Waals surface area (Å²) in [5, 5.41) is 5.26. The first-order valence-corrected chi connectivity index (χ1v) is 4.81. The summed E-state index contributed by atoms with van der Waals surface area (Å²) < 4.78 is 13.0. The van der Waals surface area contributed by atoms with Gasteiger partial charge in [0.25, 0.3) is 0 Å². The van der Waals surface area contributed by atoms with E-state index in [4.69, 9.17) is 5.73 Å². The lowest BCUT2D eigenvalue weighted by Gasteiger charge is -2.08. The molecule has 0 bridgehead atoms. The van der Waals surface area contributed by atoms with Gasteiger partial charge in [0.15, 0.2) is 6.30 Å². The molecule has 5 heteroatoms. The quantitative estimate of drug-likeness (QED) is 0.328. The highest BCUT2D eigenvalue weighted by molar-refractivity contribution is 5.86. The Balaban J connectivity index is 4.15. The molecule has 0 aliphatic heterocycles. The monoisotopic (exact) mass is 215 g/mol. The van der Waals surface area contributed by atoms with Crippen molar-refractivity contribution in [1.82, 2.24) is 10.6 Å². The van der Waals surface area contributed by atoms with Crippen LogP contribution in [0.2, 0.25) is 0 Å². The van der Waals surface area contributed by atoms with Crippen LogP contribution in [0.4, 0.5) is 4.39 Å². The van der Waals surface area contributed by atoms with Crippen LogP contribution in [-0.2, 0) is 4.79 Å². The molecule has 0 spiro atoms. The number of nitrogens with one attached hydrogen (secondary N) is 2. The van der Waals surface area contributed by atoms with Crippen LogP contribution >= 0.6 is 0 Å². The van der Waals surface area contributed by atoms with Crippen molar-refractivity contribution >= 4 is 5.91 Å². The maximum Gasteiger partial charge on any atom is 0.241 e. The van der Waals surface area contributed by atoms with Crippen molar-refractivity contribution in [1.29, 1.82) is 0 Å². The molecular formula is C10H18FN3O. The number of rotatable bonds is 7. The van der Waals surface area contributed by atoms with Gasteiger partial charge in [0.2, 0.25) is 5.91 Å². The Morgan fingerprint density at radius 1 is 1.53 bits per heavy atom. The molecule has 0 saturated heterocycles. The van der Waals surface area contributed by atoms with E-state index in [1.165, 1.54) is 6.08 Å². The fraction of sp³-hybridized carbons (Fsp3) is 0.500. The second-order valence-corrected chi connectivity index (χ2v) is 3.00. The summed E-state index contributed by atoms with van der Waals surface area (Å²) >= 11 is 0. The van der Waals surface area contributed by atoms with E-state index in [1.807, 2.05) is 6.92 Å². The minimum atomic E-state index is -1.14. The summed E-state index contributed by atoms with van der Waals surface area (Å²) in [6.07, 6.45) is 3.92. The van der Waals surface area contributed by atoms with Gasteiger partial charge in [0, 0.05) is 18.8 Å². The lowest BCUT2D eigenvalue weighted by Crippen LogP contribution is -2.30. The highest BCUT2D eigenvalue weighted by Gasteiger charge is 1.99. The first kappa shape index (κ1) is 13.6. The van der Waals surface area contributed by atoms with Gasteiger partial charge in [-0.25, -0.2) is 4.39 Å². The first-order chi connectivity index (χ1) is 7.10. The van der Waals surface area contributed by atoms with E-state index >= 15 is 0 Å². The van der Waals surface area contributed by atoms with Crippen molar-refractivity contribution < 1.29 is 9.18 Å². The van der Waals surface area contributed by atoms with Gasteiger partial charge >= 0.3 is 0 Å². The van der Waals surface area contributed by atoms with Gasteiger partial charge in [-0.1, -0.05) is 13.0 Å². The molecule has 0 heterocycles. The van der Waals surface area contributed by atoms with E-state index in [9.17, 15) is 9.18 Å². The van der Waals surface area contributed by atoms with Crippen LogP contribution < -0.4 is 16.4 Å². The van der Waals surface area contributed by atoms with Crippen LogP contribution in [0.3, 0.4) is 0 Å². The normalized spacial score (nSPS) is 14.2.